The molecular weight excluding hydrogens is 334 g/mol. The highest BCUT2D eigenvalue weighted by atomic mass is 79.9. The summed E-state index contributed by atoms with van der Waals surface area (Å²) in [5.41, 5.74) is 8.32. The van der Waals surface area contributed by atoms with E-state index < -0.39 is 5.97 Å². The van der Waals surface area contributed by atoms with Crippen LogP contribution in [0.3, 0.4) is 0 Å². The molecule has 0 bridgehead atoms. The summed E-state index contributed by atoms with van der Waals surface area (Å²) in [6.07, 6.45) is 1.49. The second-order valence-corrected chi connectivity index (χ2v) is 5.24. The molecule has 0 aliphatic carbocycles. The van der Waals surface area contributed by atoms with Crippen molar-refractivity contribution in [1.29, 1.82) is 0 Å². The molecule has 0 saturated heterocycles. The first-order valence-corrected chi connectivity index (χ1v) is 7.27. The SMILES string of the molecule is CCOC(=O)c1cc(N)cnc1Nc1cccc(C)c1Br. The normalized spacial score (nSPS) is 10.2. The molecule has 110 valence electrons. The molecule has 0 aliphatic heterocycles. The number of benzene rings is 1. The van der Waals surface area contributed by atoms with Gasteiger partial charge >= 0.3 is 5.97 Å². The lowest BCUT2D eigenvalue weighted by Gasteiger charge is -2.13. The number of hydrogen-bond acceptors (Lipinski definition) is 5. The first-order chi connectivity index (χ1) is 10.0. The van der Waals surface area contributed by atoms with Crippen LogP contribution in [0.4, 0.5) is 17.2 Å². The Morgan fingerprint density at radius 2 is 2.24 bits per heavy atom. The number of carbonyl (C=O) groups excluding carboxylic acids is 1. The van der Waals surface area contributed by atoms with Gasteiger partial charge in [0.25, 0.3) is 0 Å². The number of rotatable bonds is 4. The van der Waals surface area contributed by atoms with Gasteiger partial charge in [-0.1, -0.05) is 12.1 Å². The van der Waals surface area contributed by atoms with Crippen molar-refractivity contribution in [3.63, 3.8) is 0 Å². The van der Waals surface area contributed by atoms with E-state index in [4.69, 9.17) is 10.5 Å². The molecule has 1 aromatic heterocycles. The lowest BCUT2D eigenvalue weighted by atomic mass is 10.2. The van der Waals surface area contributed by atoms with E-state index in [1.165, 1.54) is 6.20 Å². The summed E-state index contributed by atoms with van der Waals surface area (Å²) >= 11 is 3.51. The van der Waals surface area contributed by atoms with Crippen LogP contribution in [-0.2, 0) is 4.74 Å². The third-order valence-electron chi connectivity index (χ3n) is 2.85. The van der Waals surface area contributed by atoms with Crippen LogP contribution in [0.1, 0.15) is 22.8 Å². The first-order valence-electron chi connectivity index (χ1n) is 6.47. The summed E-state index contributed by atoms with van der Waals surface area (Å²) in [6.45, 7) is 4.03. The van der Waals surface area contributed by atoms with Crippen molar-refractivity contribution in [2.75, 3.05) is 17.7 Å². The Labute approximate surface area is 131 Å². The number of ether oxygens (including phenoxy) is 1. The maximum Gasteiger partial charge on any atom is 0.341 e. The Morgan fingerprint density at radius 3 is 2.95 bits per heavy atom. The molecule has 6 heteroatoms. The summed E-state index contributed by atoms with van der Waals surface area (Å²) in [7, 11) is 0. The smallest absolute Gasteiger partial charge is 0.341 e. The maximum absolute atomic E-state index is 12.0. The molecule has 2 aromatic rings. The Kier molecular flexibility index (Phi) is 4.80. The van der Waals surface area contributed by atoms with E-state index in [2.05, 4.69) is 26.2 Å². The molecule has 0 saturated carbocycles. The Hall–Kier alpha value is -2.08. The Morgan fingerprint density at radius 1 is 1.48 bits per heavy atom. The van der Waals surface area contributed by atoms with Crippen LogP contribution in [-0.4, -0.2) is 17.6 Å². The summed E-state index contributed by atoms with van der Waals surface area (Å²) < 4.78 is 5.94. The van der Waals surface area contributed by atoms with Gasteiger partial charge in [-0.2, -0.15) is 0 Å². The van der Waals surface area contributed by atoms with E-state index >= 15 is 0 Å². The predicted octanol–water partition coefficient (Wildman–Crippen LogP) is 3.66. The van der Waals surface area contributed by atoms with E-state index in [9.17, 15) is 4.79 Å². The molecular formula is C15H16BrN3O2. The van der Waals surface area contributed by atoms with Crippen LogP contribution in [0, 0.1) is 6.92 Å². The van der Waals surface area contributed by atoms with Gasteiger partial charge in [-0.3, -0.25) is 0 Å². The number of halogens is 1. The van der Waals surface area contributed by atoms with Crippen LogP contribution < -0.4 is 11.1 Å². The molecule has 0 amide bonds. The zero-order valence-electron chi connectivity index (χ0n) is 11.8. The lowest BCUT2D eigenvalue weighted by molar-refractivity contribution is 0.0527. The van der Waals surface area contributed by atoms with Crippen LogP contribution in [0.5, 0.6) is 0 Å². The number of nitrogen functional groups attached to an aromatic ring is 1. The third-order valence-corrected chi connectivity index (χ3v) is 3.90. The first kappa shape index (κ1) is 15.3. The molecule has 21 heavy (non-hydrogen) atoms. The predicted molar refractivity (Wildman–Crippen MR) is 86.8 cm³/mol. The van der Waals surface area contributed by atoms with Crippen molar-refractivity contribution in [2.24, 2.45) is 0 Å². The molecule has 0 fully saturated rings. The van der Waals surface area contributed by atoms with Gasteiger partial charge in [0.1, 0.15) is 11.4 Å². The lowest BCUT2D eigenvalue weighted by Crippen LogP contribution is -2.10. The Balaban J connectivity index is 2.40. The minimum Gasteiger partial charge on any atom is -0.462 e. The molecule has 0 aliphatic rings. The van der Waals surface area contributed by atoms with E-state index in [1.54, 1.807) is 13.0 Å². The van der Waals surface area contributed by atoms with Crippen molar-refractivity contribution in [3.8, 4) is 0 Å². The van der Waals surface area contributed by atoms with Crippen LogP contribution in [0.25, 0.3) is 0 Å². The van der Waals surface area contributed by atoms with Gasteiger partial charge in [0, 0.05) is 4.47 Å². The van der Waals surface area contributed by atoms with Crippen LogP contribution >= 0.6 is 15.9 Å². The molecule has 1 aromatic carbocycles. The number of aryl methyl sites for hydroxylation is 1. The van der Waals surface area contributed by atoms with Crippen molar-refractivity contribution in [2.45, 2.75) is 13.8 Å². The second kappa shape index (κ2) is 6.58. The monoisotopic (exact) mass is 349 g/mol. The van der Waals surface area contributed by atoms with E-state index in [0.29, 0.717) is 23.7 Å². The minimum absolute atomic E-state index is 0.293. The number of anilines is 3. The highest BCUT2D eigenvalue weighted by Crippen LogP contribution is 2.29. The van der Waals surface area contributed by atoms with E-state index in [0.717, 1.165) is 15.7 Å². The van der Waals surface area contributed by atoms with Crippen LogP contribution in [0.2, 0.25) is 0 Å². The summed E-state index contributed by atoms with van der Waals surface area (Å²) in [5.74, 6) is -0.0440. The number of nitrogens with zero attached hydrogens (tertiary/aromatic N) is 1. The molecule has 0 unspecified atom stereocenters. The number of esters is 1. The topological polar surface area (TPSA) is 77.2 Å². The number of nitrogens with one attached hydrogen (secondary N) is 1. The van der Waals surface area contributed by atoms with E-state index in [1.807, 2.05) is 25.1 Å². The minimum atomic E-state index is -0.455. The zero-order valence-corrected chi connectivity index (χ0v) is 13.4. The van der Waals surface area contributed by atoms with Crippen LogP contribution in [0.15, 0.2) is 34.9 Å². The molecule has 5 nitrogen and oxygen atoms in total. The fraction of sp³-hybridized carbons (Fsp3) is 0.200. The molecule has 2 rings (SSSR count). The quantitative estimate of drug-likeness (QED) is 0.823. The number of carbonyl (C=O) groups is 1. The largest absolute Gasteiger partial charge is 0.462 e. The average molecular weight is 350 g/mol. The van der Waals surface area contributed by atoms with Crippen molar-refractivity contribution in [1.82, 2.24) is 4.98 Å². The van der Waals surface area contributed by atoms with Gasteiger partial charge in [0.2, 0.25) is 0 Å². The molecule has 0 atom stereocenters. The highest BCUT2D eigenvalue weighted by molar-refractivity contribution is 9.10. The van der Waals surface area contributed by atoms with Gasteiger partial charge < -0.3 is 15.8 Å². The third kappa shape index (κ3) is 3.52. The number of hydrogen-bond donors (Lipinski definition) is 2. The average Bonchev–Trinajstić information content (AvgIpc) is 2.46. The number of aromatic nitrogens is 1. The van der Waals surface area contributed by atoms with Gasteiger partial charge in [-0.25, -0.2) is 9.78 Å². The summed E-state index contributed by atoms with van der Waals surface area (Å²) in [5, 5.41) is 3.13. The Bertz CT molecular complexity index is 674. The maximum atomic E-state index is 12.0. The molecule has 0 spiro atoms. The van der Waals surface area contributed by atoms with Gasteiger partial charge in [-0.15, -0.1) is 0 Å². The number of nitrogens with two attached hydrogens (primary N) is 1. The molecule has 3 N–H and O–H groups in total. The van der Waals surface area contributed by atoms with Gasteiger partial charge in [0.05, 0.1) is 24.2 Å². The van der Waals surface area contributed by atoms with Gasteiger partial charge in [0.15, 0.2) is 0 Å². The molecule has 1 heterocycles. The summed E-state index contributed by atoms with van der Waals surface area (Å²) in [6, 6.07) is 7.35. The summed E-state index contributed by atoms with van der Waals surface area (Å²) in [4.78, 5) is 16.2. The molecule has 0 radical (unpaired) electrons. The second-order valence-electron chi connectivity index (χ2n) is 4.45. The number of pyridine rings is 1. The van der Waals surface area contributed by atoms with Crippen molar-refractivity contribution < 1.29 is 9.53 Å². The van der Waals surface area contributed by atoms with E-state index in [-0.39, 0.29) is 0 Å². The standard InChI is InChI=1S/C15H16BrN3O2/c1-3-21-15(20)11-7-10(17)8-18-14(11)19-12-6-4-5-9(2)13(12)16/h4-8H,3,17H2,1-2H3,(H,18,19). The van der Waals surface area contributed by atoms with Crippen molar-refractivity contribution >= 4 is 39.1 Å². The highest BCUT2D eigenvalue weighted by Gasteiger charge is 2.15. The fourth-order valence-electron chi connectivity index (χ4n) is 1.82. The van der Waals surface area contributed by atoms with Crippen molar-refractivity contribution in [3.05, 3.63) is 46.1 Å². The fourth-order valence-corrected chi connectivity index (χ4v) is 2.18. The van der Waals surface area contributed by atoms with Gasteiger partial charge in [-0.05, 0) is 47.5 Å². The zero-order chi connectivity index (χ0) is 15.4.